The Morgan fingerprint density at radius 2 is 1.91 bits per heavy atom. The Labute approximate surface area is 131 Å². The summed E-state index contributed by atoms with van der Waals surface area (Å²) in [6.45, 7) is 5.35. The van der Waals surface area contributed by atoms with Crippen molar-refractivity contribution in [3.05, 3.63) is 59.2 Å². The number of aromatic carboxylic acids is 1. The van der Waals surface area contributed by atoms with Crippen LogP contribution in [0.4, 0.5) is 0 Å². The average molecular weight is 295 g/mol. The van der Waals surface area contributed by atoms with Crippen molar-refractivity contribution in [2.24, 2.45) is 0 Å². The fraction of sp³-hybridized carbons (Fsp3) is 0.316. The highest BCUT2D eigenvalue weighted by Crippen LogP contribution is 2.26. The molecule has 1 aliphatic rings. The Bertz CT molecular complexity index is 688. The molecule has 0 spiro atoms. The Hall–Kier alpha value is -2.13. The molecule has 1 fully saturated rings. The van der Waals surface area contributed by atoms with Gasteiger partial charge in [-0.05, 0) is 73.3 Å². The lowest BCUT2D eigenvalue weighted by molar-refractivity contribution is 0.0697. The topological polar surface area (TPSA) is 40.5 Å². The van der Waals surface area contributed by atoms with E-state index in [1.807, 2.05) is 13.0 Å². The van der Waals surface area contributed by atoms with Crippen molar-refractivity contribution in [2.75, 3.05) is 13.1 Å². The molecular formula is C19H21NO2. The molecule has 0 bridgehead atoms. The van der Waals surface area contributed by atoms with Crippen LogP contribution in [0.15, 0.2) is 42.5 Å². The molecule has 0 radical (unpaired) electrons. The van der Waals surface area contributed by atoms with Gasteiger partial charge in [0.15, 0.2) is 0 Å². The van der Waals surface area contributed by atoms with E-state index in [9.17, 15) is 4.79 Å². The van der Waals surface area contributed by atoms with E-state index < -0.39 is 5.97 Å². The van der Waals surface area contributed by atoms with Gasteiger partial charge in [-0.3, -0.25) is 4.90 Å². The number of hydrogen-bond donors (Lipinski definition) is 1. The summed E-state index contributed by atoms with van der Waals surface area (Å²) in [7, 11) is 0. The highest BCUT2D eigenvalue weighted by molar-refractivity contribution is 5.89. The van der Waals surface area contributed by atoms with Crippen molar-refractivity contribution in [1.82, 2.24) is 4.90 Å². The number of aryl methyl sites for hydroxylation is 1. The lowest BCUT2D eigenvalue weighted by Gasteiger charge is -2.15. The van der Waals surface area contributed by atoms with Crippen LogP contribution < -0.4 is 0 Å². The van der Waals surface area contributed by atoms with Gasteiger partial charge in [0, 0.05) is 6.54 Å². The summed E-state index contributed by atoms with van der Waals surface area (Å²) in [5.74, 6) is -0.877. The number of carboxylic acid groups (broad SMARTS) is 1. The summed E-state index contributed by atoms with van der Waals surface area (Å²) in [6, 6.07) is 13.9. The third-order valence-electron chi connectivity index (χ3n) is 4.32. The molecule has 0 atom stereocenters. The van der Waals surface area contributed by atoms with Crippen LogP contribution in [0.1, 0.15) is 34.3 Å². The molecule has 0 amide bonds. The van der Waals surface area contributed by atoms with E-state index in [2.05, 4.69) is 29.2 Å². The van der Waals surface area contributed by atoms with E-state index in [0.717, 1.165) is 23.2 Å². The fourth-order valence-corrected chi connectivity index (χ4v) is 3.16. The zero-order chi connectivity index (χ0) is 15.5. The van der Waals surface area contributed by atoms with Crippen molar-refractivity contribution in [2.45, 2.75) is 26.3 Å². The van der Waals surface area contributed by atoms with Crippen LogP contribution in [0.3, 0.4) is 0 Å². The molecule has 1 N–H and O–H groups in total. The average Bonchev–Trinajstić information content (AvgIpc) is 3.00. The third kappa shape index (κ3) is 3.20. The van der Waals surface area contributed by atoms with Gasteiger partial charge in [0.25, 0.3) is 0 Å². The van der Waals surface area contributed by atoms with Gasteiger partial charge in [0.1, 0.15) is 0 Å². The van der Waals surface area contributed by atoms with Gasteiger partial charge in [0.2, 0.25) is 0 Å². The summed E-state index contributed by atoms with van der Waals surface area (Å²) in [5.41, 5.74) is 4.92. The summed E-state index contributed by atoms with van der Waals surface area (Å²) in [6.07, 6.45) is 2.60. The van der Waals surface area contributed by atoms with E-state index >= 15 is 0 Å². The third-order valence-corrected chi connectivity index (χ3v) is 4.32. The molecule has 0 saturated carbocycles. The first-order chi connectivity index (χ1) is 10.6. The van der Waals surface area contributed by atoms with E-state index in [0.29, 0.717) is 5.56 Å². The quantitative estimate of drug-likeness (QED) is 0.928. The normalized spacial score (nSPS) is 15.1. The fourth-order valence-electron chi connectivity index (χ4n) is 3.16. The highest BCUT2D eigenvalue weighted by Gasteiger charge is 2.12. The zero-order valence-corrected chi connectivity index (χ0v) is 12.9. The van der Waals surface area contributed by atoms with Gasteiger partial charge in [-0.15, -0.1) is 0 Å². The van der Waals surface area contributed by atoms with Gasteiger partial charge in [-0.1, -0.05) is 24.3 Å². The predicted octanol–water partition coefficient (Wildman–Crippen LogP) is 3.96. The van der Waals surface area contributed by atoms with Crippen molar-refractivity contribution >= 4 is 5.97 Å². The molecule has 0 unspecified atom stereocenters. The summed E-state index contributed by atoms with van der Waals surface area (Å²) in [4.78, 5) is 13.5. The zero-order valence-electron chi connectivity index (χ0n) is 12.9. The van der Waals surface area contributed by atoms with Crippen molar-refractivity contribution in [1.29, 1.82) is 0 Å². The van der Waals surface area contributed by atoms with E-state index in [1.54, 1.807) is 12.1 Å². The maximum absolute atomic E-state index is 11.0. The molecule has 1 aliphatic heterocycles. The van der Waals surface area contributed by atoms with Crippen molar-refractivity contribution < 1.29 is 9.90 Å². The first kappa shape index (κ1) is 14.8. The number of benzene rings is 2. The largest absolute Gasteiger partial charge is 0.478 e. The summed E-state index contributed by atoms with van der Waals surface area (Å²) in [5, 5.41) is 9.07. The molecule has 1 saturated heterocycles. The first-order valence-corrected chi connectivity index (χ1v) is 7.79. The Morgan fingerprint density at radius 3 is 2.59 bits per heavy atom. The summed E-state index contributed by atoms with van der Waals surface area (Å²) >= 11 is 0. The Balaban J connectivity index is 1.86. The molecule has 22 heavy (non-hydrogen) atoms. The van der Waals surface area contributed by atoms with Crippen LogP contribution in [0.2, 0.25) is 0 Å². The number of rotatable bonds is 4. The van der Waals surface area contributed by atoms with Crippen LogP contribution in [0.25, 0.3) is 11.1 Å². The van der Waals surface area contributed by atoms with E-state index in [1.165, 1.54) is 31.5 Å². The van der Waals surface area contributed by atoms with Gasteiger partial charge in [-0.25, -0.2) is 4.79 Å². The minimum Gasteiger partial charge on any atom is -0.478 e. The summed E-state index contributed by atoms with van der Waals surface area (Å²) < 4.78 is 0. The first-order valence-electron chi connectivity index (χ1n) is 7.79. The molecule has 0 aromatic heterocycles. The van der Waals surface area contributed by atoms with Gasteiger partial charge >= 0.3 is 5.97 Å². The Kier molecular flexibility index (Phi) is 4.25. The smallest absolute Gasteiger partial charge is 0.335 e. The van der Waals surface area contributed by atoms with Crippen molar-refractivity contribution in [3.8, 4) is 11.1 Å². The van der Waals surface area contributed by atoms with Crippen LogP contribution in [0, 0.1) is 6.92 Å². The number of hydrogen-bond acceptors (Lipinski definition) is 2. The Morgan fingerprint density at radius 1 is 1.14 bits per heavy atom. The minimum atomic E-state index is -0.877. The lowest BCUT2D eigenvalue weighted by Crippen LogP contribution is -2.18. The second kappa shape index (κ2) is 6.32. The van der Waals surface area contributed by atoms with Crippen LogP contribution in [-0.4, -0.2) is 29.1 Å². The van der Waals surface area contributed by atoms with Crippen LogP contribution >= 0.6 is 0 Å². The molecule has 3 rings (SSSR count). The predicted molar refractivity (Wildman–Crippen MR) is 88.1 cm³/mol. The number of likely N-dealkylation sites (tertiary alicyclic amines) is 1. The number of carbonyl (C=O) groups is 1. The SMILES string of the molecule is Cc1cc(C(=O)O)ccc1-c1cccc(CN2CCCC2)c1. The molecule has 0 aliphatic carbocycles. The molecule has 1 heterocycles. The number of carboxylic acids is 1. The molecule has 2 aromatic carbocycles. The van der Waals surface area contributed by atoms with E-state index in [4.69, 9.17) is 5.11 Å². The van der Waals surface area contributed by atoms with Crippen molar-refractivity contribution in [3.63, 3.8) is 0 Å². The monoisotopic (exact) mass is 295 g/mol. The van der Waals surface area contributed by atoms with Crippen LogP contribution in [0.5, 0.6) is 0 Å². The molecular weight excluding hydrogens is 274 g/mol. The lowest BCUT2D eigenvalue weighted by atomic mass is 9.97. The molecule has 3 heteroatoms. The second-order valence-corrected chi connectivity index (χ2v) is 6.02. The minimum absolute atomic E-state index is 0.342. The van der Waals surface area contributed by atoms with Gasteiger partial charge in [0.05, 0.1) is 5.56 Å². The molecule has 3 nitrogen and oxygen atoms in total. The van der Waals surface area contributed by atoms with E-state index in [-0.39, 0.29) is 0 Å². The van der Waals surface area contributed by atoms with Gasteiger partial charge in [-0.2, -0.15) is 0 Å². The molecule has 114 valence electrons. The standard InChI is InChI=1S/C19H21NO2/c1-14-11-17(19(21)22)7-8-18(14)16-6-4-5-15(12-16)13-20-9-2-3-10-20/h4-8,11-12H,2-3,9-10,13H2,1H3,(H,21,22). The highest BCUT2D eigenvalue weighted by atomic mass is 16.4. The second-order valence-electron chi connectivity index (χ2n) is 6.02. The number of nitrogens with zero attached hydrogens (tertiary/aromatic N) is 1. The maximum Gasteiger partial charge on any atom is 0.335 e. The van der Waals surface area contributed by atoms with Gasteiger partial charge < -0.3 is 5.11 Å². The maximum atomic E-state index is 11.0. The van der Waals surface area contributed by atoms with Crippen LogP contribution in [-0.2, 0) is 6.54 Å². The molecule has 2 aromatic rings.